The molecule has 0 N–H and O–H groups in total. The molecule has 2 atom stereocenters. The summed E-state index contributed by atoms with van der Waals surface area (Å²) in [5, 5.41) is 4.26. The van der Waals surface area contributed by atoms with Gasteiger partial charge in [0.25, 0.3) is 0 Å². The third-order valence-electron chi connectivity index (χ3n) is 4.53. The van der Waals surface area contributed by atoms with Crippen LogP contribution in [0, 0.1) is 13.8 Å². The van der Waals surface area contributed by atoms with Crippen LogP contribution in [-0.4, -0.2) is 33.2 Å². The zero-order valence-corrected chi connectivity index (χ0v) is 13.5. The number of aromatic nitrogens is 2. The minimum absolute atomic E-state index is 0.157. The van der Waals surface area contributed by atoms with E-state index >= 15 is 0 Å². The van der Waals surface area contributed by atoms with E-state index in [1.54, 1.807) is 6.20 Å². The van der Waals surface area contributed by atoms with Gasteiger partial charge in [-0.05, 0) is 45.7 Å². The lowest BCUT2D eigenvalue weighted by Crippen LogP contribution is -2.40. The van der Waals surface area contributed by atoms with Crippen LogP contribution >= 0.6 is 0 Å². The maximum absolute atomic E-state index is 12.9. The molecular formula is C17H23N3O2. The standard InChI is InChI=1S/C17H23N3O2/c1-12-10-16(14(3)22-12)13(2)17(21)20-9-4-6-15(20)11-19-8-5-7-18-19/h5,7-8,10,13,15H,4,6,9,11H2,1-3H3/t13-,15+/m0/s1. The largest absolute Gasteiger partial charge is 0.466 e. The first-order valence-corrected chi connectivity index (χ1v) is 7.91. The second-order valence-electron chi connectivity index (χ2n) is 6.15. The number of hydrogen-bond acceptors (Lipinski definition) is 3. The van der Waals surface area contributed by atoms with Crippen molar-refractivity contribution in [2.45, 2.75) is 52.1 Å². The predicted octanol–water partition coefficient (Wildman–Crippen LogP) is 2.89. The highest BCUT2D eigenvalue weighted by atomic mass is 16.3. The monoisotopic (exact) mass is 301 g/mol. The summed E-state index contributed by atoms with van der Waals surface area (Å²) in [6, 6.07) is 4.14. The van der Waals surface area contributed by atoms with Crippen LogP contribution in [0.15, 0.2) is 28.9 Å². The average molecular weight is 301 g/mol. The minimum atomic E-state index is -0.157. The summed E-state index contributed by atoms with van der Waals surface area (Å²) in [5.74, 6) is 1.75. The second kappa shape index (κ2) is 5.99. The van der Waals surface area contributed by atoms with E-state index in [2.05, 4.69) is 5.10 Å². The Hall–Kier alpha value is -2.04. The van der Waals surface area contributed by atoms with Gasteiger partial charge < -0.3 is 9.32 Å². The van der Waals surface area contributed by atoms with Gasteiger partial charge >= 0.3 is 0 Å². The van der Waals surface area contributed by atoms with E-state index in [0.29, 0.717) is 0 Å². The quantitative estimate of drug-likeness (QED) is 0.872. The number of carbonyl (C=O) groups is 1. The zero-order valence-electron chi connectivity index (χ0n) is 13.5. The number of likely N-dealkylation sites (tertiary alicyclic amines) is 1. The molecule has 0 unspecified atom stereocenters. The molecule has 0 aliphatic carbocycles. The van der Waals surface area contributed by atoms with Gasteiger partial charge in [0.1, 0.15) is 11.5 Å². The van der Waals surface area contributed by atoms with Gasteiger partial charge in [0.2, 0.25) is 5.91 Å². The molecular weight excluding hydrogens is 278 g/mol. The Labute approximate surface area is 130 Å². The van der Waals surface area contributed by atoms with Crippen molar-refractivity contribution in [2.24, 2.45) is 0 Å². The smallest absolute Gasteiger partial charge is 0.230 e. The molecule has 5 heteroatoms. The number of carbonyl (C=O) groups excluding carboxylic acids is 1. The molecule has 2 aromatic heterocycles. The second-order valence-corrected chi connectivity index (χ2v) is 6.15. The average Bonchev–Trinajstić information content (AvgIpc) is 3.20. The van der Waals surface area contributed by atoms with Gasteiger partial charge in [-0.3, -0.25) is 9.48 Å². The van der Waals surface area contributed by atoms with E-state index in [9.17, 15) is 4.79 Å². The fourth-order valence-electron chi connectivity index (χ4n) is 3.40. The topological polar surface area (TPSA) is 51.3 Å². The molecule has 5 nitrogen and oxygen atoms in total. The normalized spacial score (nSPS) is 19.6. The molecule has 3 heterocycles. The van der Waals surface area contributed by atoms with E-state index in [1.807, 2.05) is 48.7 Å². The van der Waals surface area contributed by atoms with Crippen molar-refractivity contribution in [1.82, 2.24) is 14.7 Å². The van der Waals surface area contributed by atoms with E-state index in [0.717, 1.165) is 43.0 Å². The summed E-state index contributed by atoms with van der Waals surface area (Å²) in [7, 11) is 0. The minimum Gasteiger partial charge on any atom is -0.466 e. The number of rotatable bonds is 4. The van der Waals surface area contributed by atoms with Crippen LogP contribution in [-0.2, 0) is 11.3 Å². The van der Waals surface area contributed by atoms with Gasteiger partial charge in [-0.25, -0.2) is 0 Å². The number of furan rings is 1. The van der Waals surface area contributed by atoms with Crippen LogP contribution in [0.1, 0.15) is 42.8 Å². The predicted molar refractivity (Wildman–Crippen MR) is 83.6 cm³/mol. The highest BCUT2D eigenvalue weighted by Crippen LogP contribution is 2.28. The molecule has 1 amide bonds. The molecule has 0 radical (unpaired) electrons. The highest BCUT2D eigenvalue weighted by Gasteiger charge is 2.33. The zero-order chi connectivity index (χ0) is 15.7. The number of hydrogen-bond donors (Lipinski definition) is 0. The molecule has 3 rings (SSSR count). The van der Waals surface area contributed by atoms with E-state index in [4.69, 9.17) is 4.42 Å². The fraction of sp³-hybridized carbons (Fsp3) is 0.529. The van der Waals surface area contributed by atoms with Crippen molar-refractivity contribution in [3.63, 3.8) is 0 Å². The molecule has 0 bridgehead atoms. The Morgan fingerprint density at radius 3 is 2.95 bits per heavy atom. The molecule has 22 heavy (non-hydrogen) atoms. The summed E-state index contributed by atoms with van der Waals surface area (Å²) >= 11 is 0. The maximum atomic E-state index is 12.9. The van der Waals surface area contributed by atoms with Crippen molar-refractivity contribution in [2.75, 3.05) is 6.54 Å². The Balaban J connectivity index is 1.74. The Morgan fingerprint density at radius 2 is 2.32 bits per heavy atom. The van der Waals surface area contributed by atoms with Crippen molar-refractivity contribution in [3.8, 4) is 0 Å². The Kier molecular flexibility index (Phi) is 4.05. The van der Waals surface area contributed by atoms with Gasteiger partial charge in [0, 0.05) is 24.5 Å². The summed E-state index contributed by atoms with van der Waals surface area (Å²) in [5.41, 5.74) is 1.01. The number of amides is 1. The summed E-state index contributed by atoms with van der Waals surface area (Å²) in [4.78, 5) is 14.9. The van der Waals surface area contributed by atoms with Crippen LogP contribution < -0.4 is 0 Å². The first-order valence-electron chi connectivity index (χ1n) is 7.91. The van der Waals surface area contributed by atoms with Crippen LogP contribution in [0.2, 0.25) is 0 Å². The Morgan fingerprint density at radius 1 is 1.50 bits per heavy atom. The third-order valence-corrected chi connectivity index (χ3v) is 4.53. The first-order chi connectivity index (χ1) is 10.6. The van der Waals surface area contributed by atoms with E-state index < -0.39 is 0 Å². The molecule has 1 aliphatic heterocycles. The molecule has 1 aliphatic rings. The molecule has 118 valence electrons. The molecule has 0 saturated carbocycles. The van der Waals surface area contributed by atoms with Gasteiger partial charge in [0.15, 0.2) is 0 Å². The first kappa shape index (κ1) is 14.9. The van der Waals surface area contributed by atoms with Gasteiger partial charge in [-0.2, -0.15) is 5.10 Å². The van der Waals surface area contributed by atoms with Crippen LogP contribution in [0.5, 0.6) is 0 Å². The van der Waals surface area contributed by atoms with Crippen molar-refractivity contribution in [1.29, 1.82) is 0 Å². The van der Waals surface area contributed by atoms with Crippen molar-refractivity contribution < 1.29 is 9.21 Å². The number of nitrogens with zero attached hydrogens (tertiary/aromatic N) is 3. The molecule has 0 spiro atoms. The summed E-state index contributed by atoms with van der Waals surface area (Å²) in [6.45, 7) is 7.43. The lowest BCUT2D eigenvalue weighted by Gasteiger charge is -2.27. The maximum Gasteiger partial charge on any atom is 0.230 e. The molecule has 1 fully saturated rings. The Bertz CT molecular complexity index is 645. The van der Waals surface area contributed by atoms with Gasteiger partial charge in [-0.1, -0.05) is 0 Å². The van der Waals surface area contributed by atoms with Gasteiger partial charge in [0.05, 0.1) is 18.5 Å². The third kappa shape index (κ3) is 2.80. The van der Waals surface area contributed by atoms with Crippen LogP contribution in [0.25, 0.3) is 0 Å². The molecule has 1 saturated heterocycles. The molecule has 2 aromatic rings. The number of aryl methyl sites for hydroxylation is 2. The summed E-state index contributed by atoms with van der Waals surface area (Å²) < 4.78 is 7.49. The highest BCUT2D eigenvalue weighted by molar-refractivity contribution is 5.84. The van der Waals surface area contributed by atoms with Crippen molar-refractivity contribution in [3.05, 3.63) is 41.6 Å². The fourth-order valence-corrected chi connectivity index (χ4v) is 3.40. The van der Waals surface area contributed by atoms with Gasteiger partial charge in [-0.15, -0.1) is 0 Å². The van der Waals surface area contributed by atoms with Crippen molar-refractivity contribution >= 4 is 5.91 Å². The van der Waals surface area contributed by atoms with Crippen LogP contribution in [0.4, 0.5) is 0 Å². The molecule has 0 aromatic carbocycles. The SMILES string of the molecule is Cc1cc([C@H](C)C(=O)N2CCC[C@@H]2Cn2cccn2)c(C)o1. The van der Waals surface area contributed by atoms with E-state index in [1.165, 1.54) is 0 Å². The van der Waals surface area contributed by atoms with E-state index in [-0.39, 0.29) is 17.9 Å². The van der Waals surface area contributed by atoms with Crippen LogP contribution in [0.3, 0.4) is 0 Å². The lowest BCUT2D eigenvalue weighted by atomic mass is 9.99. The summed E-state index contributed by atoms with van der Waals surface area (Å²) in [6.07, 6.45) is 5.84. The lowest BCUT2D eigenvalue weighted by molar-refractivity contribution is -0.133.